The average Bonchev–Trinajstić information content (AvgIpc) is 3.54. The topological polar surface area (TPSA) is 105 Å². The van der Waals surface area contributed by atoms with Crippen molar-refractivity contribution in [1.82, 2.24) is 14.7 Å². The molecule has 4 aliphatic heterocycles. The number of likely N-dealkylation sites (N-methyl/N-ethyl adjacent to an activating group) is 1. The number of ketones is 2. The smallest absolute Gasteiger partial charge is 0.409 e. The number of carbonyl (C=O) groups is 3. The Bertz CT molecular complexity index is 860. The molecule has 5 aliphatic rings. The molecule has 0 aromatic rings. The minimum Gasteiger partial charge on any atom is -0.449 e. The third-order valence-corrected chi connectivity index (χ3v) is 6.68. The van der Waals surface area contributed by atoms with Crippen molar-refractivity contribution in [3.63, 3.8) is 0 Å². The molecule has 9 heteroatoms. The Morgan fingerprint density at radius 2 is 2.00 bits per heavy atom. The van der Waals surface area contributed by atoms with Gasteiger partial charge in [0.1, 0.15) is 6.61 Å². The summed E-state index contributed by atoms with van der Waals surface area (Å²) in [4.78, 5) is 43.7. The zero-order valence-electron chi connectivity index (χ0n) is 15.5. The second kappa shape index (κ2) is 5.11. The molecule has 9 nitrogen and oxygen atoms in total. The summed E-state index contributed by atoms with van der Waals surface area (Å²) in [5, 5.41) is 0. The van der Waals surface area contributed by atoms with Gasteiger partial charge in [-0.25, -0.2) is 4.79 Å². The number of nitrogens with zero attached hydrogens (tertiary/aromatic N) is 3. The second-order valence-electron chi connectivity index (χ2n) is 7.82. The van der Waals surface area contributed by atoms with Crippen molar-refractivity contribution >= 4 is 17.7 Å². The zero-order valence-corrected chi connectivity index (χ0v) is 15.5. The number of carbonyl (C=O) groups excluding carboxylic acids is 3. The molecule has 0 bridgehead atoms. The average molecular weight is 374 g/mol. The normalized spacial score (nSPS) is 38.9. The van der Waals surface area contributed by atoms with Gasteiger partial charge in [-0.05, 0) is 14.0 Å². The molecule has 1 amide bonds. The molecular formula is C18H22N4O5. The van der Waals surface area contributed by atoms with Crippen molar-refractivity contribution in [2.75, 3.05) is 40.4 Å². The molecule has 0 aromatic heterocycles. The molecule has 0 aromatic carbocycles. The Balaban J connectivity index is 1.58. The van der Waals surface area contributed by atoms with E-state index < -0.39 is 17.7 Å². The fourth-order valence-corrected chi connectivity index (χ4v) is 5.05. The standard InChI is InChI=1S/C18H22N4O5/c1-8-12(19)15(24)11-9(7-27-17(25)21-4-5-21)18(26-3)16-10(20(16)2)6-22(18)13(11)14(8)23/h9-10,16H,4-7,19H2,1-3H3. The van der Waals surface area contributed by atoms with E-state index in [0.29, 0.717) is 30.9 Å². The van der Waals surface area contributed by atoms with E-state index in [1.807, 2.05) is 11.9 Å². The molecule has 27 heavy (non-hydrogen) atoms. The van der Waals surface area contributed by atoms with Crippen LogP contribution in [0.4, 0.5) is 4.79 Å². The highest BCUT2D eigenvalue weighted by Gasteiger charge is 2.75. The van der Waals surface area contributed by atoms with Gasteiger partial charge in [0.15, 0.2) is 5.72 Å². The number of rotatable bonds is 3. The van der Waals surface area contributed by atoms with Gasteiger partial charge in [-0.15, -0.1) is 0 Å². The minimum atomic E-state index is -0.903. The number of hydrogen-bond donors (Lipinski definition) is 1. The SMILES string of the molecule is COC12C(COC(=O)N3CC3)C3=C(C(=O)C(C)=C(N)C3=O)N1CC1C2N1C. The molecule has 5 unspecified atom stereocenters. The Morgan fingerprint density at radius 3 is 2.63 bits per heavy atom. The van der Waals surface area contributed by atoms with E-state index in [4.69, 9.17) is 15.2 Å². The molecule has 3 saturated heterocycles. The van der Waals surface area contributed by atoms with Gasteiger partial charge in [0.2, 0.25) is 11.6 Å². The summed E-state index contributed by atoms with van der Waals surface area (Å²) in [6.07, 6.45) is -0.408. The Kier molecular flexibility index (Phi) is 3.17. The number of Topliss-reactive ketones (excluding diaryl/α,β-unsaturated/α-hetero) is 2. The van der Waals surface area contributed by atoms with E-state index >= 15 is 0 Å². The van der Waals surface area contributed by atoms with Crippen LogP contribution in [0.2, 0.25) is 0 Å². The molecule has 0 saturated carbocycles. The maximum absolute atomic E-state index is 13.0. The first-order chi connectivity index (χ1) is 12.8. The van der Waals surface area contributed by atoms with Crippen LogP contribution < -0.4 is 5.73 Å². The first kappa shape index (κ1) is 16.8. The summed E-state index contributed by atoms with van der Waals surface area (Å²) >= 11 is 0. The lowest BCUT2D eigenvalue weighted by Gasteiger charge is -2.40. The van der Waals surface area contributed by atoms with Crippen LogP contribution in [0.1, 0.15) is 6.92 Å². The van der Waals surface area contributed by atoms with Gasteiger partial charge in [-0.3, -0.25) is 14.5 Å². The number of ether oxygens (including phenoxy) is 2. The first-order valence-electron chi connectivity index (χ1n) is 9.11. The number of amides is 1. The first-order valence-corrected chi connectivity index (χ1v) is 9.11. The minimum absolute atomic E-state index is 0.0269. The van der Waals surface area contributed by atoms with Crippen LogP contribution in [0, 0.1) is 5.92 Å². The fourth-order valence-electron chi connectivity index (χ4n) is 5.05. The highest BCUT2D eigenvalue weighted by Crippen LogP contribution is 2.59. The van der Waals surface area contributed by atoms with Crippen molar-refractivity contribution < 1.29 is 23.9 Å². The second-order valence-corrected chi connectivity index (χ2v) is 7.82. The summed E-state index contributed by atoms with van der Waals surface area (Å²) in [6, 6.07) is 0.274. The molecular weight excluding hydrogens is 352 g/mol. The number of hydrogen-bond acceptors (Lipinski definition) is 8. The van der Waals surface area contributed by atoms with Gasteiger partial charge < -0.3 is 25.0 Å². The summed E-state index contributed by atoms with van der Waals surface area (Å²) < 4.78 is 11.5. The molecule has 0 spiro atoms. The summed E-state index contributed by atoms with van der Waals surface area (Å²) in [7, 11) is 3.57. The van der Waals surface area contributed by atoms with Gasteiger partial charge in [0.25, 0.3) is 0 Å². The number of fused-ring (bicyclic) bond motifs is 4. The van der Waals surface area contributed by atoms with Gasteiger partial charge >= 0.3 is 6.09 Å². The highest BCUT2D eigenvalue weighted by atomic mass is 16.6. The van der Waals surface area contributed by atoms with Crippen molar-refractivity contribution in [3.8, 4) is 0 Å². The van der Waals surface area contributed by atoms with Crippen molar-refractivity contribution in [1.29, 1.82) is 0 Å². The monoisotopic (exact) mass is 374 g/mol. The molecule has 5 atom stereocenters. The Morgan fingerprint density at radius 1 is 1.30 bits per heavy atom. The van der Waals surface area contributed by atoms with Gasteiger partial charge in [-0.2, -0.15) is 0 Å². The molecule has 4 heterocycles. The quantitative estimate of drug-likeness (QED) is 0.498. The van der Waals surface area contributed by atoms with Crippen LogP contribution in [0.5, 0.6) is 0 Å². The van der Waals surface area contributed by atoms with Crippen LogP contribution in [0.25, 0.3) is 0 Å². The molecule has 5 rings (SSSR count). The molecule has 3 fully saturated rings. The zero-order chi connectivity index (χ0) is 19.2. The lowest BCUT2D eigenvalue weighted by molar-refractivity contribution is -0.144. The maximum Gasteiger partial charge on any atom is 0.409 e. The lowest BCUT2D eigenvalue weighted by atomic mass is 9.82. The van der Waals surface area contributed by atoms with E-state index in [0.717, 1.165) is 0 Å². The van der Waals surface area contributed by atoms with Crippen LogP contribution in [-0.4, -0.2) is 90.6 Å². The summed E-state index contributed by atoms with van der Waals surface area (Å²) in [5.74, 6) is -1.17. The van der Waals surface area contributed by atoms with Crippen molar-refractivity contribution in [2.24, 2.45) is 11.7 Å². The maximum atomic E-state index is 13.0. The summed E-state index contributed by atoms with van der Waals surface area (Å²) in [6.45, 7) is 3.50. The third-order valence-electron chi connectivity index (χ3n) is 6.68. The van der Waals surface area contributed by atoms with E-state index in [1.54, 1.807) is 18.9 Å². The summed E-state index contributed by atoms with van der Waals surface area (Å²) in [5.41, 5.74) is 5.95. The highest BCUT2D eigenvalue weighted by molar-refractivity contribution is 6.25. The third kappa shape index (κ3) is 1.88. The van der Waals surface area contributed by atoms with Gasteiger partial charge in [0, 0.05) is 43.9 Å². The molecule has 0 radical (unpaired) electrons. The fraction of sp³-hybridized carbons (Fsp3) is 0.611. The predicted octanol–water partition coefficient (Wildman–Crippen LogP) is -0.952. The Labute approximate surface area is 156 Å². The van der Waals surface area contributed by atoms with Crippen LogP contribution >= 0.6 is 0 Å². The van der Waals surface area contributed by atoms with E-state index in [2.05, 4.69) is 4.90 Å². The van der Waals surface area contributed by atoms with E-state index in [-0.39, 0.29) is 41.5 Å². The predicted molar refractivity (Wildman–Crippen MR) is 92.1 cm³/mol. The molecule has 144 valence electrons. The van der Waals surface area contributed by atoms with Crippen LogP contribution in [-0.2, 0) is 19.1 Å². The van der Waals surface area contributed by atoms with Crippen molar-refractivity contribution in [3.05, 3.63) is 22.5 Å². The number of methoxy groups -OCH3 is 1. The van der Waals surface area contributed by atoms with Crippen LogP contribution in [0.15, 0.2) is 22.5 Å². The largest absolute Gasteiger partial charge is 0.449 e. The van der Waals surface area contributed by atoms with Gasteiger partial charge in [-0.1, -0.05) is 0 Å². The lowest BCUT2D eigenvalue weighted by Crippen LogP contribution is -2.55. The molecule has 1 aliphatic carbocycles. The van der Waals surface area contributed by atoms with E-state index in [1.165, 1.54) is 0 Å². The number of piperazine rings is 1. The van der Waals surface area contributed by atoms with Crippen molar-refractivity contribution in [2.45, 2.75) is 24.7 Å². The number of allylic oxidation sites excluding steroid dienone is 2. The van der Waals surface area contributed by atoms with Gasteiger partial charge in [0.05, 0.1) is 23.4 Å². The van der Waals surface area contributed by atoms with E-state index in [9.17, 15) is 14.4 Å². The van der Waals surface area contributed by atoms with Crippen LogP contribution in [0.3, 0.4) is 0 Å². The number of nitrogens with two attached hydrogens (primary N) is 1. The molecule has 2 N–H and O–H groups in total. The Hall–Kier alpha value is -2.39.